The molecule has 0 aliphatic heterocycles. The molecule has 2 aromatic heterocycles. The first-order valence-corrected chi connectivity index (χ1v) is 10.5. The van der Waals surface area contributed by atoms with Gasteiger partial charge in [0.1, 0.15) is 11.5 Å². The minimum Gasteiger partial charge on any atom is -0.467 e. The molecule has 0 spiro atoms. The van der Waals surface area contributed by atoms with Gasteiger partial charge in [0.2, 0.25) is 0 Å². The molecule has 3 rings (SSSR count). The van der Waals surface area contributed by atoms with E-state index >= 15 is 0 Å². The number of amides is 1. The van der Waals surface area contributed by atoms with Crippen molar-refractivity contribution in [2.75, 3.05) is 13.7 Å². The minimum absolute atomic E-state index is 0.0965. The van der Waals surface area contributed by atoms with Crippen molar-refractivity contribution in [3.63, 3.8) is 0 Å². The number of nitrogens with zero attached hydrogens (tertiary/aromatic N) is 2. The van der Waals surface area contributed by atoms with Crippen LogP contribution < -0.4 is 0 Å². The number of hydrogen-bond acceptors (Lipinski definition) is 5. The van der Waals surface area contributed by atoms with Gasteiger partial charge in [0, 0.05) is 17.8 Å². The second-order valence-corrected chi connectivity index (χ2v) is 7.72. The van der Waals surface area contributed by atoms with Crippen LogP contribution in [0, 0.1) is 13.8 Å². The van der Waals surface area contributed by atoms with E-state index < -0.39 is 11.9 Å². The molecule has 1 aromatic carbocycles. The number of halogens is 1. The average Bonchev–Trinajstić information content (AvgIpc) is 3.37. The summed E-state index contributed by atoms with van der Waals surface area (Å²) in [5.41, 5.74) is 2.22. The molecule has 3 aromatic rings. The van der Waals surface area contributed by atoms with Crippen LogP contribution >= 0.6 is 11.6 Å². The van der Waals surface area contributed by atoms with Gasteiger partial charge in [-0.05, 0) is 50.6 Å². The first-order chi connectivity index (χ1) is 15.3. The van der Waals surface area contributed by atoms with Crippen LogP contribution in [-0.4, -0.2) is 40.8 Å². The number of carbonyl (C=O) groups is 3. The molecule has 0 aliphatic carbocycles. The molecule has 0 saturated heterocycles. The molecule has 168 valence electrons. The van der Waals surface area contributed by atoms with E-state index in [4.69, 9.17) is 20.8 Å². The van der Waals surface area contributed by atoms with Crippen LogP contribution in [0.15, 0.2) is 47.1 Å². The van der Waals surface area contributed by atoms with Gasteiger partial charge in [-0.2, -0.15) is 0 Å². The number of hydrogen-bond donors (Lipinski definition) is 0. The van der Waals surface area contributed by atoms with Crippen molar-refractivity contribution >= 4 is 29.3 Å². The van der Waals surface area contributed by atoms with E-state index in [-0.39, 0.29) is 18.9 Å². The second kappa shape index (κ2) is 9.87. The Morgan fingerprint density at radius 2 is 1.84 bits per heavy atom. The Morgan fingerprint density at radius 1 is 1.12 bits per heavy atom. The molecular formula is C24H25ClN2O5. The van der Waals surface area contributed by atoms with Crippen LogP contribution in [0.4, 0.5) is 0 Å². The zero-order valence-corrected chi connectivity index (χ0v) is 19.2. The first kappa shape index (κ1) is 23.3. The van der Waals surface area contributed by atoms with E-state index in [0.717, 1.165) is 0 Å². The van der Waals surface area contributed by atoms with E-state index in [2.05, 4.69) is 0 Å². The Labute approximate surface area is 191 Å². The first-order valence-electron chi connectivity index (χ1n) is 10.2. The Kier molecular flexibility index (Phi) is 7.20. The Hall–Kier alpha value is -3.32. The molecule has 0 bridgehead atoms. The van der Waals surface area contributed by atoms with Gasteiger partial charge >= 0.3 is 5.97 Å². The van der Waals surface area contributed by atoms with E-state index in [1.54, 1.807) is 54.8 Å². The number of carbonyl (C=O) groups excluding carboxylic acids is 3. The number of rotatable bonds is 8. The van der Waals surface area contributed by atoms with Crippen molar-refractivity contribution in [1.29, 1.82) is 0 Å². The summed E-state index contributed by atoms with van der Waals surface area (Å²) < 4.78 is 12.1. The number of aromatic nitrogens is 1. The van der Waals surface area contributed by atoms with Crippen molar-refractivity contribution in [2.45, 2.75) is 33.9 Å². The number of ketones is 1. The number of Topliss-reactive ketones (excluding diaryl/α,β-unsaturated/α-hetero) is 1. The van der Waals surface area contributed by atoms with Gasteiger partial charge in [0.05, 0.1) is 37.0 Å². The Morgan fingerprint density at radius 3 is 2.44 bits per heavy atom. The lowest BCUT2D eigenvalue weighted by atomic mass is 10.0. The molecule has 0 N–H and O–H groups in total. The number of methoxy groups -OCH3 is 1. The fourth-order valence-corrected chi connectivity index (χ4v) is 4.13. The van der Waals surface area contributed by atoms with Crippen LogP contribution in [-0.2, 0) is 17.8 Å². The zero-order chi connectivity index (χ0) is 23.4. The molecule has 0 radical (unpaired) electrons. The summed E-state index contributed by atoms with van der Waals surface area (Å²) in [6.07, 6.45) is 1.51. The average molecular weight is 457 g/mol. The maximum absolute atomic E-state index is 13.4. The van der Waals surface area contributed by atoms with E-state index in [1.165, 1.54) is 18.3 Å². The predicted octanol–water partition coefficient (Wildman–Crippen LogP) is 4.68. The van der Waals surface area contributed by atoms with Gasteiger partial charge in [-0.3, -0.25) is 9.59 Å². The lowest BCUT2D eigenvalue weighted by Gasteiger charge is -2.22. The monoisotopic (exact) mass is 456 g/mol. The van der Waals surface area contributed by atoms with Crippen LogP contribution in [0.5, 0.6) is 0 Å². The normalized spacial score (nSPS) is 10.8. The molecule has 2 heterocycles. The van der Waals surface area contributed by atoms with Crippen molar-refractivity contribution in [1.82, 2.24) is 9.47 Å². The van der Waals surface area contributed by atoms with E-state index in [9.17, 15) is 14.4 Å². The van der Waals surface area contributed by atoms with Crippen LogP contribution in [0.1, 0.15) is 55.1 Å². The topological polar surface area (TPSA) is 81.8 Å². The van der Waals surface area contributed by atoms with Crippen molar-refractivity contribution in [3.8, 4) is 0 Å². The number of esters is 1. The minimum atomic E-state index is -0.508. The largest absolute Gasteiger partial charge is 0.467 e. The van der Waals surface area contributed by atoms with Crippen LogP contribution in [0.25, 0.3) is 0 Å². The summed E-state index contributed by atoms with van der Waals surface area (Å²) in [6.45, 7) is 5.77. The molecule has 0 aliphatic rings. The summed E-state index contributed by atoms with van der Waals surface area (Å²) >= 11 is 6.23. The van der Waals surface area contributed by atoms with Crippen LogP contribution in [0.2, 0.25) is 5.02 Å². The SMILES string of the molecule is CCn1c(C)c(C(=O)CN(Cc2ccco2)C(=O)c2ccccc2Cl)c(C)c1C(=O)OC. The maximum atomic E-state index is 13.4. The third-order valence-electron chi connectivity index (χ3n) is 5.39. The number of benzene rings is 1. The Balaban J connectivity index is 1.99. The molecule has 0 unspecified atom stereocenters. The zero-order valence-electron chi connectivity index (χ0n) is 18.5. The summed E-state index contributed by atoms with van der Waals surface area (Å²) in [5.74, 6) is -0.651. The van der Waals surface area contributed by atoms with Gasteiger partial charge in [-0.15, -0.1) is 0 Å². The van der Waals surface area contributed by atoms with Gasteiger partial charge in [0.15, 0.2) is 5.78 Å². The molecule has 0 atom stereocenters. The van der Waals surface area contributed by atoms with Crippen molar-refractivity contribution in [2.24, 2.45) is 0 Å². The highest BCUT2D eigenvalue weighted by atomic mass is 35.5. The van der Waals surface area contributed by atoms with Crippen molar-refractivity contribution < 1.29 is 23.5 Å². The quantitative estimate of drug-likeness (QED) is 0.363. The lowest BCUT2D eigenvalue weighted by Crippen LogP contribution is -2.35. The molecule has 1 amide bonds. The third-order valence-corrected chi connectivity index (χ3v) is 5.72. The fraction of sp³-hybridized carbons (Fsp3) is 0.292. The maximum Gasteiger partial charge on any atom is 0.354 e. The van der Waals surface area contributed by atoms with Crippen LogP contribution in [0.3, 0.4) is 0 Å². The predicted molar refractivity (Wildman–Crippen MR) is 120 cm³/mol. The number of ether oxygens (including phenoxy) is 1. The Bertz CT molecular complexity index is 1150. The highest BCUT2D eigenvalue weighted by molar-refractivity contribution is 6.33. The highest BCUT2D eigenvalue weighted by Gasteiger charge is 2.29. The van der Waals surface area contributed by atoms with E-state index in [0.29, 0.717) is 45.4 Å². The number of furan rings is 1. The molecule has 32 heavy (non-hydrogen) atoms. The molecular weight excluding hydrogens is 432 g/mol. The lowest BCUT2D eigenvalue weighted by molar-refractivity contribution is 0.0587. The summed E-state index contributed by atoms with van der Waals surface area (Å²) in [4.78, 5) is 40.4. The molecule has 7 nitrogen and oxygen atoms in total. The van der Waals surface area contributed by atoms with Gasteiger partial charge in [-0.25, -0.2) is 4.79 Å². The fourth-order valence-electron chi connectivity index (χ4n) is 3.91. The molecule has 8 heteroatoms. The van der Waals surface area contributed by atoms with E-state index in [1.807, 2.05) is 6.92 Å². The van der Waals surface area contributed by atoms with Crippen molar-refractivity contribution in [3.05, 3.63) is 81.5 Å². The standard InChI is InChI=1S/C24H25ClN2O5/c1-5-27-16(3)21(15(2)22(27)24(30)31-4)20(28)14-26(13-17-9-8-12-32-17)23(29)18-10-6-7-11-19(18)25/h6-12H,5,13-14H2,1-4H3. The summed E-state index contributed by atoms with van der Waals surface area (Å²) in [5, 5.41) is 0.298. The summed E-state index contributed by atoms with van der Waals surface area (Å²) in [6, 6.07) is 10.1. The molecule has 0 saturated carbocycles. The second-order valence-electron chi connectivity index (χ2n) is 7.31. The summed E-state index contributed by atoms with van der Waals surface area (Å²) in [7, 11) is 1.30. The van der Waals surface area contributed by atoms with Gasteiger partial charge < -0.3 is 18.6 Å². The van der Waals surface area contributed by atoms with Gasteiger partial charge in [-0.1, -0.05) is 23.7 Å². The smallest absolute Gasteiger partial charge is 0.354 e. The third kappa shape index (κ3) is 4.48. The molecule has 0 fully saturated rings. The van der Waals surface area contributed by atoms with Gasteiger partial charge in [0.25, 0.3) is 5.91 Å². The highest BCUT2D eigenvalue weighted by Crippen LogP contribution is 2.25.